The first-order valence-corrected chi connectivity index (χ1v) is 5.42. The van der Waals surface area contributed by atoms with Crippen molar-refractivity contribution in [2.75, 3.05) is 7.11 Å². The first-order chi connectivity index (χ1) is 7.60. The largest absolute Gasteiger partial charge is 0.495 e. The molecule has 0 aliphatic heterocycles. The SMILES string of the molecule is COc1cc(C)cc2c(C)c(CN)n(C)c12. The second-order valence-electron chi connectivity index (χ2n) is 4.20. The number of ether oxygens (including phenoxy) is 1. The van der Waals surface area contributed by atoms with E-state index in [4.69, 9.17) is 10.5 Å². The second-order valence-corrected chi connectivity index (χ2v) is 4.20. The maximum atomic E-state index is 5.78. The maximum Gasteiger partial charge on any atom is 0.143 e. The predicted molar refractivity (Wildman–Crippen MR) is 66.8 cm³/mol. The zero-order valence-electron chi connectivity index (χ0n) is 10.3. The number of nitrogens with two attached hydrogens (primary N) is 1. The van der Waals surface area contributed by atoms with E-state index in [2.05, 4.69) is 30.5 Å². The third-order valence-corrected chi connectivity index (χ3v) is 3.21. The number of methoxy groups -OCH3 is 1. The summed E-state index contributed by atoms with van der Waals surface area (Å²) in [4.78, 5) is 0. The van der Waals surface area contributed by atoms with Crippen LogP contribution in [0.15, 0.2) is 12.1 Å². The molecule has 0 unspecified atom stereocenters. The Bertz CT molecular complexity index is 541. The standard InChI is InChI=1S/C13H18N2O/c1-8-5-10-9(2)11(7-14)15(3)13(10)12(6-8)16-4/h5-6H,7,14H2,1-4H3. The minimum atomic E-state index is 0.555. The molecule has 0 fully saturated rings. The number of aryl methyl sites for hydroxylation is 3. The van der Waals surface area contributed by atoms with Gasteiger partial charge in [0.2, 0.25) is 0 Å². The van der Waals surface area contributed by atoms with Gasteiger partial charge >= 0.3 is 0 Å². The van der Waals surface area contributed by atoms with Crippen LogP contribution in [0.5, 0.6) is 5.75 Å². The molecule has 16 heavy (non-hydrogen) atoms. The molecule has 86 valence electrons. The molecule has 0 saturated heterocycles. The monoisotopic (exact) mass is 218 g/mol. The molecule has 0 aliphatic carbocycles. The summed E-state index contributed by atoms with van der Waals surface area (Å²) in [5.74, 6) is 0.917. The molecule has 0 saturated carbocycles. The average Bonchev–Trinajstić information content (AvgIpc) is 2.50. The van der Waals surface area contributed by atoms with Crippen molar-refractivity contribution in [2.45, 2.75) is 20.4 Å². The molecule has 0 bridgehead atoms. The van der Waals surface area contributed by atoms with E-state index < -0.39 is 0 Å². The summed E-state index contributed by atoms with van der Waals surface area (Å²) < 4.78 is 7.57. The van der Waals surface area contributed by atoms with Gasteiger partial charge in [-0.15, -0.1) is 0 Å². The highest BCUT2D eigenvalue weighted by molar-refractivity contribution is 5.91. The Labute approximate surface area is 95.8 Å². The number of nitrogens with zero attached hydrogens (tertiary/aromatic N) is 1. The summed E-state index contributed by atoms with van der Waals surface area (Å²) in [7, 11) is 3.74. The number of aromatic nitrogens is 1. The van der Waals surface area contributed by atoms with Crippen LogP contribution < -0.4 is 10.5 Å². The highest BCUT2D eigenvalue weighted by atomic mass is 16.5. The Morgan fingerprint density at radius 2 is 2.00 bits per heavy atom. The molecule has 0 spiro atoms. The Morgan fingerprint density at radius 3 is 2.56 bits per heavy atom. The minimum absolute atomic E-state index is 0.555. The van der Waals surface area contributed by atoms with Crippen molar-refractivity contribution < 1.29 is 4.74 Å². The Hall–Kier alpha value is -1.48. The minimum Gasteiger partial charge on any atom is -0.495 e. The Balaban J connectivity index is 2.92. The zero-order chi connectivity index (χ0) is 11.9. The highest BCUT2D eigenvalue weighted by Crippen LogP contribution is 2.32. The molecule has 0 radical (unpaired) electrons. The lowest BCUT2D eigenvalue weighted by molar-refractivity contribution is 0.417. The van der Waals surface area contributed by atoms with Crippen LogP contribution in [0.2, 0.25) is 0 Å². The molecule has 3 nitrogen and oxygen atoms in total. The average molecular weight is 218 g/mol. The molecular formula is C13H18N2O. The first-order valence-electron chi connectivity index (χ1n) is 5.42. The van der Waals surface area contributed by atoms with Crippen molar-refractivity contribution in [2.24, 2.45) is 12.8 Å². The number of fused-ring (bicyclic) bond motifs is 1. The van der Waals surface area contributed by atoms with Crippen LogP contribution in [0, 0.1) is 13.8 Å². The van der Waals surface area contributed by atoms with Gasteiger partial charge in [-0.1, -0.05) is 0 Å². The van der Waals surface area contributed by atoms with Crippen LogP contribution in [0.4, 0.5) is 0 Å². The number of rotatable bonds is 2. The van der Waals surface area contributed by atoms with Gasteiger partial charge in [0.15, 0.2) is 0 Å². The number of benzene rings is 1. The molecule has 1 aromatic heterocycles. The van der Waals surface area contributed by atoms with E-state index in [0.717, 1.165) is 11.3 Å². The Kier molecular flexibility index (Phi) is 2.64. The topological polar surface area (TPSA) is 40.2 Å². The lowest BCUT2D eigenvalue weighted by Gasteiger charge is -2.07. The van der Waals surface area contributed by atoms with Gasteiger partial charge in [-0.05, 0) is 37.1 Å². The zero-order valence-corrected chi connectivity index (χ0v) is 10.3. The number of hydrogen-bond donors (Lipinski definition) is 1. The van der Waals surface area contributed by atoms with Crippen molar-refractivity contribution >= 4 is 10.9 Å². The molecule has 0 atom stereocenters. The van der Waals surface area contributed by atoms with E-state index in [1.54, 1.807) is 7.11 Å². The normalized spacial score (nSPS) is 11.1. The van der Waals surface area contributed by atoms with E-state index in [1.807, 2.05) is 7.05 Å². The maximum absolute atomic E-state index is 5.78. The number of hydrogen-bond acceptors (Lipinski definition) is 2. The van der Waals surface area contributed by atoms with Crippen LogP contribution in [-0.2, 0) is 13.6 Å². The summed E-state index contributed by atoms with van der Waals surface area (Å²) in [6.45, 7) is 4.75. The van der Waals surface area contributed by atoms with Crippen molar-refractivity contribution in [1.82, 2.24) is 4.57 Å². The van der Waals surface area contributed by atoms with Gasteiger partial charge in [0.1, 0.15) is 5.75 Å². The van der Waals surface area contributed by atoms with E-state index in [0.29, 0.717) is 6.54 Å². The van der Waals surface area contributed by atoms with Crippen LogP contribution in [-0.4, -0.2) is 11.7 Å². The fraction of sp³-hybridized carbons (Fsp3) is 0.385. The lowest BCUT2D eigenvalue weighted by Crippen LogP contribution is -2.04. The van der Waals surface area contributed by atoms with Crippen LogP contribution in [0.1, 0.15) is 16.8 Å². The van der Waals surface area contributed by atoms with E-state index in [9.17, 15) is 0 Å². The van der Waals surface area contributed by atoms with E-state index in [1.165, 1.54) is 22.2 Å². The molecule has 0 aliphatic rings. The first kappa shape index (κ1) is 11.0. The van der Waals surface area contributed by atoms with Gasteiger partial charge < -0.3 is 15.0 Å². The summed E-state index contributed by atoms with van der Waals surface area (Å²) in [5.41, 5.74) is 10.5. The third kappa shape index (κ3) is 1.39. The third-order valence-electron chi connectivity index (χ3n) is 3.21. The molecular weight excluding hydrogens is 200 g/mol. The van der Waals surface area contributed by atoms with E-state index in [-0.39, 0.29) is 0 Å². The molecule has 1 aromatic carbocycles. The van der Waals surface area contributed by atoms with E-state index >= 15 is 0 Å². The predicted octanol–water partition coefficient (Wildman–Crippen LogP) is 2.26. The van der Waals surface area contributed by atoms with Gasteiger partial charge in [0.25, 0.3) is 0 Å². The quantitative estimate of drug-likeness (QED) is 0.840. The highest BCUT2D eigenvalue weighted by Gasteiger charge is 2.14. The lowest BCUT2D eigenvalue weighted by atomic mass is 10.1. The summed E-state index contributed by atoms with van der Waals surface area (Å²) in [5, 5.41) is 1.24. The molecule has 2 N–H and O–H groups in total. The fourth-order valence-corrected chi connectivity index (χ4v) is 2.36. The van der Waals surface area contributed by atoms with Gasteiger partial charge in [-0.3, -0.25) is 0 Å². The molecule has 2 rings (SSSR count). The summed E-state index contributed by atoms with van der Waals surface area (Å²) >= 11 is 0. The van der Waals surface area contributed by atoms with Crippen molar-refractivity contribution in [3.63, 3.8) is 0 Å². The molecule has 3 heteroatoms. The Morgan fingerprint density at radius 1 is 1.31 bits per heavy atom. The summed E-state index contributed by atoms with van der Waals surface area (Å²) in [6.07, 6.45) is 0. The van der Waals surface area contributed by atoms with Gasteiger partial charge in [0, 0.05) is 24.7 Å². The van der Waals surface area contributed by atoms with Crippen molar-refractivity contribution in [1.29, 1.82) is 0 Å². The smallest absolute Gasteiger partial charge is 0.143 e. The van der Waals surface area contributed by atoms with Gasteiger partial charge in [0.05, 0.1) is 12.6 Å². The second kappa shape index (κ2) is 3.83. The van der Waals surface area contributed by atoms with Crippen LogP contribution in [0.25, 0.3) is 10.9 Å². The molecule has 1 heterocycles. The van der Waals surface area contributed by atoms with Gasteiger partial charge in [-0.25, -0.2) is 0 Å². The van der Waals surface area contributed by atoms with Gasteiger partial charge in [-0.2, -0.15) is 0 Å². The van der Waals surface area contributed by atoms with Crippen LogP contribution in [0.3, 0.4) is 0 Å². The van der Waals surface area contributed by atoms with Crippen LogP contribution >= 0.6 is 0 Å². The summed E-state index contributed by atoms with van der Waals surface area (Å²) in [6, 6.07) is 4.24. The molecule has 0 amide bonds. The fourth-order valence-electron chi connectivity index (χ4n) is 2.36. The van der Waals surface area contributed by atoms with Crippen molar-refractivity contribution in [3.05, 3.63) is 29.0 Å². The van der Waals surface area contributed by atoms with Crippen molar-refractivity contribution in [3.8, 4) is 5.75 Å². The molecule has 2 aromatic rings.